The molecule has 2 heterocycles. The molecule has 0 aromatic heterocycles. The summed E-state index contributed by atoms with van der Waals surface area (Å²) in [5.41, 5.74) is 2.05. The van der Waals surface area contributed by atoms with Gasteiger partial charge >= 0.3 is 0 Å². The van der Waals surface area contributed by atoms with E-state index in [1.165, 1.54) is 12.8 Å². The Morgan fingerprint density at radius 2 is 1.67 bits per heavy atom. The zero-order valence-electron chi connectivity index (χ0n) is 14.4. The molecule has 130 valence electrons. The van der Waals surface area contributed by atoms with Gasteiger partial charge in [0.25, 0.3) is 0 Å². The van der Waals surface area contributed by atoms with Gasteiger partial charge in [-0.1, -0.05) is 0 Å². The van der Waals surface area contributed by atoms with Gasteiger partial charge in [0.05, 0.1) is 6.54 Å². The minimum Gasteiger partial charge on any atom is -0.373 e. The molecule has 0 bridgehead atoms. The minimum absolute atomic E-state index is 0.273. The van der Waals surface area contributed by atoms with Crippen molar-refractivity contribution in [3.8, 4) is 0 Å². The predicted octanol–water partition coefficient (Wildman–Crippen LogP) is 0.976. The quantitative estimate of drug-likeness (QED) is 0.638. The fourth-order valence-electron chi connectivity index (χ4n) is 3.43. The third kappa shape index (κ3) is 3.87. The van der Waals surface area contributed by atoms with E-state index in [1.807, 2.05) is 17.0 Å². The maximum Gasteiger partial charge on any atom is 0.236 e. The van der Waals surface area contributed by atoms with E-state index >= 15 is 0 Å². The molecule has 2 N–H and O–H groups in total. The Labute approximate surface area is 143 Å². The second-order valence-electron chi connectivity index (χ2n) is 6.52. The smallest absolute Gasteiger partial charge is 0.236 e. The fraction of sp³-hybridized carbons (Fsp3) is 0.556. The second-order valence-corrected chi connectivity index (χ2v) is 6.52. The number of hydrogen-bond acceptors (Lipinski definition) is 4. The average Bonchev–Trinajstić information content (AvgIpc) is 3.14. The molecular formula is C18H27N5O. The van der Waals surface area contributed by atoms with Gasteiger partial charge in [-0.2, -0.15) is 0 Å². The molecule has 0 aliphatic carbocycles. The molecule has 2 fully saturated rings. The summed E-state index contributed by atoms with van der Waals surface area (Å²) in [7, 11) is 1.76. The van der Waals surface area contributed by atoms with Crippen molar-refractivity contribution < 1.29 is 4.79 Å². The van der Waals surface area contributed by atoms with E-state index in [9.17, 15) is 4.79 Å². The molecule has 3 rings (SSSR count). The number of likely N-dealkylation sites (tertiary alicyclic amines) is 1. The largest absolute Gasteiger partial charge is 0.373 e. The first-order valence-corrected chi connectivity index (χ1v) is 8.79. The summed E-state index contributed by atoms with van der Waals surface area (Å²) in [5.74, 6) is 0.702. The number of carbonyl (C=O) groups is 1. The zero-order chi connectivity index (χ0) is 16.9. The van der Waals surface area contributed by atoms with Crippen LogP contribution in [0, 0.1) is 5.41 Å². The molecule has 1 aromatic rings. The van der Waals surface area contributed by atoms with E-state index in [1.54, 1.807) is 7.05 Å². The first-order chi connectivity index (χ1) is 11.7. The van der Waals surface area contributed by atoms with Crippen molar-refractivity contribution in [3.63, 3.8) is 0 Å². The molecular weight excluding hydrogens is 302 g/mol. The van der Waals surface area contributed by atoms with Crippen molar-refractivity contribution in [1.82, 2.24) is 15.1 Å². The lowest BCUT2D eigenvalue weighted by molar-refractivity contribution is -0.132. The van der Waals surface area contributed by atoms with Crippen LogP contribution < -0.4 is 10.2 Å². The minimum atomic E-state index is 0.273. The molecule has 1 aromatic carbocycles. The Bertz CT molecular complexity index is 572. The van der Waals surface area contributed by atoms with Gasteiger partial charge in [0.1, 0.15) is 5.84 Å². The summed E-state index contributed by atoms with van der Waals surface area (Å²) in [4.78, 5) is 19.0. The van der Waals surface area contributed by atoms with Crippen molar-refractivity contribution in [2.75, 3.05) is 57.8 Å². The topological polar surface area (TPSA) is 62.7 Å². The molecule has 0 saturated carbocycles. The van der Waals surface area contributed by atoms with Crippen LogP contribution in [-0.2, 0) is 4.79 Å². The lowest BCUT2D eigenvalue weighted by Crippen LogP contribution is -2.51. The molecule has 0 spiro atoms. The van der Waals surface area contributed by atoms with Crippen LogP contribution in [0.5, 0.6) is 0 Å². The van der Waals surface area contributed by atoms with Crippen molar-refractivity contribution in [2.45, 2.75) is 12.8 Å². The number of amides is 1. The molecule has 2 saturated heterocycles. The number of nitrogens with one attached hydrogen (secondary N) is 2. The second kappa shape index (κ2) is 7.66. The van der Waals surface area contributed by atoms with Gasteiger partial charge < -0.3 is 15.1 Å². The molecule has 0 unspecified atom stereocenters. The van der Waals surface area contributed by atoms with Crippen LogP contribution in [-0.4, -0.2) is 74.4 Å². The van der Waals surface area contributed by atoms with Crippen LogP contribution >= 0.6 is 0 Å². The van der Waals surface area contributed by atoms with E-state index in [-0.39, 0.29) is 5.91 Å². The van der Waals surface area contributed by atoms with E-state index in [2.05, 4.69) is 27.2 Å². The van der Waals surface area contributed by atoms with E-state index in [0.717, 1.165) is 50.5 Å². The van der Waals surface area contributed by atoms with Crippen LogP contribution in [0.1, 0.15) is 18.4 Å². The van der Waals surface area contributed by atoms with Crippen molar-refractivity contribution in [1.29, 1.82) is 5.41 Å². The van der Waals surface area contributed by atoms with Crippen molar-refractivity contribution in [3.05, 3.63) is 29.8 Å². The van der Waals surface area contributed by atoms with Crippen molar-refractivity contribution >= 4 is 17.4 Å². The van der Waals surface area contributed by atoms with Gasteiger partial charge in [0.15, 0.2) is 0 Å². The number of amidine groups is 1. The number of carbonyl (C=O) groups excluding carboxylic acids is 1. The van der Waals surface area contributed by atoms with Gasteiger partial charge in [-0.25, -0.2) is 0 Å². The summed E-state index contributed by atoms with van der Waals surface area (Å²) in [5, 5.41) is 10.6. The Balaban J connectivity index is 1.51. The Morgan fingerprint density at radius 3 is 2.25 bits per heavy atom. The number of anilines is 1. The lowest BCUT2D eigenvalue weighted by Gasteiger charge is -2.36. The highest BCUT2D eigenvalue weighted by Gasteiger charge is 2.23. The van der Waals surface area contributed by atoms with Gasteiger partial charge in [0.2, 0.25) is 5.91 Å². The Morgan fingerprint density at radius 1 is 1.04 bits per heavy atom. The molecule has 6 nitrogen and oxygen atoms in total. The highest BCUT2D eigenvalue weighted by atomic mass is 16.2. The third-order valence-electron chi connectivity index (χ3n) is 4.96. The molecule has 1 amide bonds. The zero-order valence-corrected chi connectivity index (χ0v) is 14.4. The molecule has 24 heavy (non-hydrogen) atoms. The fourth-order valence-corrected chi connectivity index (χ4v) is 3.43. The summed E-state index contributed by atoms with van der Waals surface area (Å²) in [6, 6.07) is 8.06. The van der Waals surface area contributed by atoms with E-state index in [0.29, 0.717) is 12.4 Å². The highest BCUT2D eigenvalue weighted by molar-refractivity contribution is 5.96. The monoisotopic (exact) mass is 329 g/mol. The molecule has 0 radical (unpaired) electrons. The Kier molecular flexibility index (Phi) is 5.35. The van der Waals surface area contributed by atoms with Gasteiger partial charge in [0, 0.05) is 44.5 Å². The number of rotatable bonds is 4. The van der Waals surface area contributed by atoms with Crippen LogP contribution in [0.2, 0.25) is 0 Å². The molecule has 0 atom stereocenters. The Hall–Kier alpha value is -2.08. The number of benzene rings is 1. The lowest BCUT2D eigenvalue weighted by atomic mass is 10.1. The molecule has 2 aliphatic heterocycles. The summed E-state index contributed by atoms with van der Waals surface area (Å²) >= 11 is 0. The summed E-state index contributed by atoms with van der Waals surface area (Å²) in [6.07, 6.45) is 2.45. The predicted molar refractivity (Wildman–Crippen MR) is 96.8 cm³/mol. The molecule has 2 aliphatic rings. The number of piperazine rings is 1. The number of hydrogen-bond donors (Lipinski definition) is 2. The third-order valence-corrected chi connectivity index (χ3v) is 4.96. The summed E-state index contributed by atoms with van der Waals surface area (Å²) < 4.78 is 0. The highest BCUT2D eigenvalue weighted by Crippen LogP contribution is 2.18. The maximum atomic E-state index is 12.4. The van der Waals surface area contributed by atoms with Crippen LogP contribution in [0.4, 0.5) is 5.69 Å². The van der Waals surface area contributed by atoms with Gasteiger partial charge in [-0.15, -0.1) is 0 Å². The van der Waals surface area contributed by atoms with E-state index in [4.69, 9.17) is 5.41 Å². The normalized spacial score (nSPS) is 18.7. The standard InChI is InChI=1S/C18H27N5O/c1-20-18(19)15-4-6-16(7-5-15)22-10-12-23(13-11-22)17(24)14-21-8-2-3-9-21/h4-7H,2-3,8-14H2,1H3,(H2,19,20). The average molecular weight is 329 g/mol. The number of nitrogens with zero attached hydrogens (tertiary/aromatic N) is 3. The first-order valence-electron chi connectivity index (χ1n) is 8.79. The van der Waals surface area contributed by atoms with Crippen molar-refractivity contribution in [2.24, 2.45) is 0 Å². The SMILES string of the molecule is CNC(=N)c1ccc(N2CCN(C(=O)CN3CCCC3)CC2)cc1. The van der Waals surface area contributed by atoms with Crippen LogP contribution in [0.3, 0.4) is 0 Å². The summed E-state index contributed by atoms with van der Waals surface area (Å²) in [6.45, 7) is 6.05. The maximum absolute atomic E-state index is 12.4. The van der Waals surface area contributed by atoms with Gasteiger partial charge in [-0.05, 0) is 50.2 Å². The van der Waals surface area contributed by atoms with Crippen LogP contribution in [0.25, 0.3) is 0 Å². The van der Waals surface area contributed by atoms with Gasteiger partial charge in [-0.3, -0.25) is 15.1 Å². The van der Waals surface area contributed by atoms with E-state index < -0.39 is 0 Å². The molecule has 6 heteroatoms. The first kappa shape index (κ1) is 16.8. The van der Waals surface area contributed by atoms with Crippen LogP contribution in [0.15, 0.2) is 24.3 Å².